The van der Waals surface area contributed by atoms with E-state index in [4.69, 9.17) is 4.74 Å². The smallest absolute Gasteiger partial charge is 0.125 e. The third-order valence-corrected chi connectivity index (χ3v) is 4.56. The van der Waals surface area contributed by atoms with Crippen molar-refractivity contribution < 1.29 is 9.84 Å². The van der Waals surface area contributed by atoms with Crippen LogP contribution in [0, 0.1) is 5.92 Å². The summed E-state index contributed by atoms with van der Waals surface area (Å²) in [5, 5.41) is 9.88. The molecular weight excluding hydrogens is 304 g/mol. The Balaban J connectivity index is 2.17. The molecule has 1 saturated carbocycles. The van der Waals surface area contributed by atoms with Gasteiger partial charge in [-0.3, -0.25) is 0 Å². The second kappa shape index (κ2) is 6.76. The molecule has 0 amide bonds. The molecule has 1 aromatic rings. The molecule has 1 aromatic carbocycles. The van der Waals surface area contributed by atoms with Gasteiger partial charge in [0.1, 0.15) is 11.9 Å². The predicted molar refractivity (Wildman–Crippen MR) is 81.4 cm³/mol. The van der Waals surface area contributed by atoms with E-state index in [-0.39, 0.29) is 0 Å². The van der Waals surface area contributed by atoms with Gasteiger partial charge < -0.3 is 9.84 Å². The van der Waals surface area contributed by atoms with Crippen molar-refractivity contribution >= 4 is 15.9 Å². The van der Waals surface area contributed by atoms with Crippen molar-refractivity contribution in [2.24, 2.45) is 5.92 Å². The zero-order valence-electron chi connectivity index (χ0n) is 11.7. The molecule has 2 nitrogen and oxygen atoms in total. The third kappa shape index (κ3) is 3.73. The van der Waals surface area contributed by atoms with E-state index >= 15 is 0 Å². The number of aliphatic hydroxyl groups is 1. The highest BCUT2D eigenvalue weighted by Gasteiger charge is 2.26. The topological polar surface area (TPSA) is 29.5 Å². The molecule has 19 heavy (non-hydrogen) atoms. The Hall–Kier alpha value is -0.540. The van der Waals surface area contributed by atoms with E-state index < -0.39 is 6.10 Å². The van der Waals surface area contributed by atoms with E-state index in [1.54, 1.807) is 6.92 Å². The summed E-state index contributed by atoms with van der Waals surface area (Å²) in [6.07, 6.45) is 5.94. The van der Waals surface area contributed by atoms with E-state index in [1.165, 1.54) is 25.7 Å². The lowest BCUT2D eigenvalue weighted by Crippen LogP contribution is -2.30. The minimum Gasteiger partial charge on any atom is -0.490 e. The van der Waals surface area contributed by atoms with E-state index in [0.717, 1.165) is 22.2 Å². The molecule has 0 heterocycles. The van der Waals surface area contributed by atoms with Crippen molar-refractivity contribution in [1.82, 2.24) is 0 Å². The molecule has 1 N–H and O–H groups in total. The van der Waals surface area contributed by atoms with Crippen LogP contribution in [0.2, 0.25) is 0 Å². The maximum absolute atomic E-state index is 9.88. The van der Waals surface area contributed by atoms with Crippen molar-refractivity contribution in [3.63, 3.8) is 0 Å². The number of benzene rings is 1. The Bertz CT molecular complexity index is 417. The minimum absolute atomic E-state index is 0.303. The molecule has 0 bridgehead atoms. The lowest BCUT2D eigenvalue weighted by Gasteiger charge is -2.32. The van der Waals surface area contributed by atoms with Crippen LogP contribution in [0.5, 0.6) is 5.75 Å². The molecule has 0 radical (unpaired) electrons. The van der Waals surface area contributed by atoms with Gasteiger partial charge in [0.2, 0.25) is 0 Å². The number of hydrogen-bond donors (Lipinski definition) is 1. The molecule has 0 aromatic heterocycles. The Morgan fingerprint density at radius 2 is 2.11 bits per heavy atom. The largest absolute Gasteiger partial charge is 0.490 e. The van der Waals surface area contributed by atoms with Gasteiger partial charge in [0.05, 0.1) is 6.10 Å². The molecule has 0 aliphatic heterocycles. The van der Waals surface area contributed by atoms with Crippen LogP contribution in [0.15, 0.2) is 22.7 Å². The van der Waals surface area contributed by atoms with E-state index in [0.29, 0.717) is 12.0 Å². The average Bonchev–Trinajstić information content (AvgIpc) is 2.41. The van der Waals surface area contributed by atoms with Gasteiger partial charge in [0.15, 0.2) is 0 Å². The first kappa shape index (κ1) is 14.9. The van der Waals surface area contributed by atoms with Gasteiger partial charge in [-0.2, -0.15) is 0 Å². The van der Waals surface area contributed by atoms with E-state index in [2.05, 4.69) is 22.9 Å². The van der Waals surface area contributed by atoms with Gasteiger partial charge in [-0.25, -0.2) is 0 Å². The van der Waals surface area contributed by atoms with Gasteiger partial charge in [0.25, 0.3) is 0 Å². The van der Waals surface area contributed by atoms with Gasteiger partial charge in [0, 0.05) is 10.0 Å². The van der Waals surface area contributed by atoms with Crippen molar-refractivity contribution in [3.8, 4) is 5.75 Å². The Morgan fingerprint density at radius 3 is 2.79 bits per heavy atom. The number of halogens is 1. The molecule has 0 saturated heterocycles. The van der Waals surface area contributed by atoms with Crippen LogP contribution in [0.25, 0.3) is 0 Å². The number of aliphatic hydroxyl groups excluding tert-OH is 1. The molecule has 1 fully saturated rings. The summed E-state index contributed by atoms with van der Waals surface area (Å²) in [4.78, 5) is 0. The molecular formula is C16H23BrO2. The predicted octanol–water partition coefficient (Wildman–Crippen LogP) is 4.85. The van der Waals surface area contributed by atoms with Crippen LogP contribution < -0.4 is 4.74 Å². The quantitative estimate of drug-likeness (QED) is 0.856. The fourth-order valence-electron chi connectivity index (χ4n) is 2.91. The average molecular weight is 327 g/mol. The van der Waals surface area contributed by atoms with Crippen LogP contribution >= 0.6 is 15.9 Å². The number of rotatable bonds is 4. The number of hydrogen-bond acceptors (Lipinski definition) is 2. The molecule has 0 spiro atoms. The lowest BCUT2D eigenvalue weighted by molar-refractivity contribution is 0.0855. The molecule has 1 aliphatic carbocycles. The molecule has 2 rings (SSSR count). The molecule has 1 aliphatic rings. The highest BCUT2D eigenvalue weighted by atomic mass is 79.9. The zero-order valence-corrected chi connectivity index (χ0v) is 13.3. The molecule has 2 unspecified atom stereocenters. The first-order valence-corrected chi connectivity index (χ1v) is 8.05. The summed E-state index contributed by atoms with van der Waals surface area (Å²) in [5.74, 6) is 1.49. The highest BCUT2D eigenvalue weighted by molar-refractivity contribution is 9.10. The highest BCUT2D eigenvalue weighted by Crippen LogP contribution is 2.34. The van der Waals surface area contributed by atoms with E-state index in [9.17, 15) is 5.11 Å². The summed E-state index contributed by atoms with van der Waals surface area (Å²) in [5.41, 5.74) is 0.870. The van der Waals surface area contributed by atoms with Crippen molar-refractivity contribution in [2.75, 3.05) is 0 Å². The standard InChI is InChI=1S/C16H23BrO2/c1-3-12-6-4-5-7-15(12)19-16-9-8-13(17)10-14(16)11(2)18/h8-12,15,18H,3-7H2,1-2H3/t11-,12?,15?/m0/s1. The van der Waals surface area contributed by atoms with Crippen LogP contribution in [0.4, 0.5) is 0 Å². The van der Waals surface area contributed by atoms with Crippen LogP contribution in [0.1, 0.15) is 57.6 Å². The zero-order chi connectivity index (χ0) is 13.8. The maximum Gasteiger partial charge on any atom is 0.125 e. The lowest BCUT2D eigenvalue weighted by atomic mass is 9.84. The molecule has 3 atom stereocenters. The third-order valence-electron chi connectivity index (χ3n) is 4.06. The molecule has 106 valence electrons. The van der Waals surface area contributed by atoms with Crippen LogP contribution in [-0.2, 0) is 0 Å². The Kier molecular flexibility index (Phi) is 5.28. The van der Waals surface area contributed by atoms with Gasteiger partial charge in [-0.1, -0.05) is 29.3 Å². The Labute approximate surface area is 124 Å². The maximum atomic E-state index is 9.88. The van der Waals surface area contributed by atoms with Gasteiger partial charge in [-0.15, -0.1) is 0 Å². The first-order chi connectivity index (χ1) is 9.11. The first-order valence-electron chi connectivity index (χ1n) is 7.26. The summed E-state index contributed by atoms with van der Waals surface area (Å²) < 4.78 is 7.20. The fourth-order valence-corrected chi connectivity index (χ4v) is 3.29. The van der Waals surface area contributed by atoms with Crippen LogP contribution in [-0.4, -0.2) is 11.2 Å². The normalized spacial score (nSPS) is 25.1. The second-order valence-corrected chi connectivity index (χ2v) is 6.38. The van der Waals surface area contributed by atoms with Gasteiger partial charge >= 0.3 is 0 Å². The van der Waals surface area contributed by atoms with Crippen molar-refractivity contribution in [1.29, 1.82) is 0 Å². The summed E-state index contributed by atoms with van der Waals surface area (Å²) in [6.45, 7) is 4.02. The van der Waals surface area contributed by atoms with E-state index in [1.807, 2.05) is 18.2 Å². The summed E-state index contributed by atoms with van der Waals surface area (Å²) in [6, 6.07) is 5.89. The summed E-state index contributed by atoms with van der Waals surface area (Å²) >= 11 is 3.45. The van der Waals surface area contributed by atoms with Crippen molar-refractivity contribution in [2.45, 2.75) is 58.2 Å². The van der Waals surface area contributed by atoms with Crippen LogP contribution in [0.3, 0.4) is 0 Å². The minimum atomic E-state index is -0.504. The molecule has 3 heteroatoms. The Morgan fingerprint density at radius 1 is 1.37 bits per heavy atom. The monoisotopic (exact) mass is 326 g/mol. The fraction of sp³-hybridized carbons (Fsp3) is 0.625. The number of ether oxygens (including phenoxy) is 1. The summed E-state index contributed by atoms with van der Waals surface area (Å²) in [7, 11) is 0. The van der Waals surface area contributed by atoms with Gasteiger partial charge in [-0.05, 0) is 56.7 Å². The SMILES string of the molecule is CCC1CCCCC1Oc1ccc(Br)cc1[C@H](C)O. The second-order valence-electron chi connectivity index (χ2n) is 5.47. The van der Waals surface area contributed by atoms with Crippen molar-refractivity contribution in [3.05, 3.63) is 28.2 Å².